The molecule has 1 aromatic rings. The highest BCUT2D eigenvalue weighted by molar-refractivity contribution is 9.10. The van der Waals surface area contributed by atoms with Crippen molar-refractivity contribution in [3.8, 4) is 0 Å². The fourth-order valence-corrected chi connectivity index (χ4v) is 1.79. The van der Waals surface area contributed by atoms with Crippen molar-refractivity contribution in [2.45, 2.75) is 13.3 Å². The Morgan fingerprint density at radius 3 is 2.75 bits per heavy atom. The number of aliphatic hydroxyl groups excluding tert-OH is 1. The zero-order valence-corrected chi connectivity index (χ0v) is 10.8. The number of anilines is 1. The number of hydrogen-bond acceptors (Lipinski definition) is 2. The number of amides is 1. The van der Waals surface area contributed by atoms with E-state index in [-0.39, 0.29) is 23.1 Å². The van der Waals surface area contributed by atoms with Crippen LogP contribution in [-0.2, 0) is 11.2 Å². The van der Waals surface area contributed by atoms with Crippen molar-refractivity contribution in [1.29, 1.82) is 0 Å². The Morgan fingerprint density at radius 1 is 1.62 bits per heavy atom. The van der Waals surface area contributed by atoms with Gasteiger partial charge < -0.3 is 10.4 Å². The summed E-state index contributed by atoms with van der Waals surface area (Å²) < 4.78 is 13.9. The van der Waals surface area contributed by atoms with E-state index in [0.29, 0.717) is 10.0 Å². The summed E-state index contributed by atoms with van der Waals surface area (Å²) in [6, 6.07) is 2.65. The van der Waals surface area contributed by atoms with Crippen LogP contribution in [-0.4, -0.2) is 16.1 Å². The van der Waals surface area contributed by atoms with Gasteiger partial charge in [0.05, 0.1) is 5.69 Å². The molecule has 1 amide bonds. The van der Waals surface area contributed by atoms with Gasteiger partial charge in [0.2, 0.25) is 5.91 Å². The molecule has 0 bridgehead atoms. The van der Waals surface area contributed by atoms with Gasteiger partial charge in [-0.1, -0.05) is 15.9 Å². The predicted molar refractivity (Wildman–Crippen MR) is 67.3 cm³/mol. The Bertz CT molecular complexity index is 413. The third-order valence-corrected chi connectivity index (χ3v) is 2.67. The number of hydrogen-bond donors (Lipinski definition) is 2. The lowest BCUT2D eigenvalue weighted by molar-refractivity contribution is -0.114. The first-order valence-corrected chi connectivity index (χ1v) is 5.57. The lowest BCUT2D eigenvalue weighted by Gasteiger charge is -2.08. The lowest BCUT2D eigenvalue weighted by Crippen LogP contribution is -2.09. The Balaban J connectivity index is 3.10. The molecule has 0 spiro atoms. The minimum atomic E-state index is -0.547. The largest absolute Gasteiger partial charge is 0.502 e. The van der Waals surface area contributed by atoms with Crippen LogP contribution in [0.25, 0.3) is 0 Å². The fraction of sp³-hybridized carbons (Fsp3) is 0.200. The number of carbonyl (C=O) groups is 1. The van der Waals surface area contributed by atoms with Crippen LogP contribution in [0.5, 0.6) is 0 Å². The van der Waals surface area contributed by atoms with E-state index in [4.69, 9.17) is 5.11 Å². The first kappa shape index (κ1) is 13.1. The van der Waals surface area contributed by atoms with Gasteiger partial charge in [-0.15, -0.1) is 0 Å². The monoisotopic (exact) mass is 305 g/mol. The van der Waals surface area contributed by atoms with Gasteiger partial charge in [0.1, 0.15) is 5.82 Å². The van der Waals surface area contributed by atoms with Crippen molar-refractivity contribution in [2.75, 3.05) is 5.32 Å². The van der Waals surface area contributed by atoms with Crippen molar-refractivity contribution >= 4 is 44.8 Å². The van der Waals surface area contributed by atoms with Gasteiger partial charge in [-0.2, -0.15) is 0 Å². The maximum Gasteiger partial charge on any atom is 0.221 e. The second-order valence-corrected chi connectivity index (χ2v) is 4.50. The van der Waals surface area contributed by atoms with Crippen molar-refractivity contribution in [1.82, 2.24) is 0 Å². The number of aliphatic hydroxyl groups is 1. The van der Waals surface area contributed by atoms with E-state index in [0.717, 1.165) is 0 Å². The summed E-state index contributed by atoms with van der Waals surface area (Å²) in [5, 5.41) is 11.2. The molecule has 1 rings (SSSR count). The fourth-order valence-electron chi connectivity index (χ4n) is 1.18. The van der Waals surface area contributed by atoms with Crippen LogP contribution >= 0.6 is 28.1 Å². The first-order valence-electron chi connectivity index (χ1n) is 4.37. The maximum atomic E-state index is 13.4. The van der Waals surface area contributed by atoms with Crippen molar-refractivity contribution < 1.29 is 14.3 Å². The zero-order chi connectivity index (χ0) is 12.3. The van der Waals surface area contributed by atoms with Crippen LogP contribution < -0.4 is 5.32 Å². The molecule has 0 aliphatic carbocycles. The van der Waals surface area contributed by atoms with E-state index in [1.54, 1.807) is 0 Å². The molecule has 0 radical (unpaired) electrons. The minimum absolute atomic E-state index is 0.0713. The third-order valence-electron chi connectivity index (χ3n) is 1.79. The summed E-state index contributed by atoms with van der Waals surface area (Å²) in [5.41, 5.74) is 0.680. The Kier molecular flexibility index (Phi) is 4.37. The van der Waals surface area contributed by atoms with E-state index in [9.17, 15) is 9.18 Å². The summed E-state index contributed by atoms with van der Waals surface area (Å²) >= 11 is 7.71. The number of benzene rings is 1. The third kappa shape index (κ3) is 3.53. The van der Waals surface area contributed by atoms with Crippen molar-refractivity contribution in [3.63, 3.8) is 0 Å². The highest BCUT2D eigenvalue weighted by atomic mass is 79.9. The van der Waals surface area contributed by atoms with E-state index < -0.39 is 5.82 Å². The molecule has 0 unspecified atom stereocenters. The molecular weight excluding hydrogens is 297 g/mol. The van der Waals surface area contributed by atoms with E-state index in [2.05, 4.69) is 33.5 Å². The number of carbonyl (C=O) groups excluding carboxylic acids is 1. The van der Waals surface area contributed by atoms with Gasteiger partial charge in [-0.3, -0.25) is 4.79 Å². The number of thiocarbonyl (C=S) groups is 1. The van der Waals surface area contributed by atoms with Crippen LogP contribution in [0.4, 0.5) is 10.1 Å². The lowest BCUT2D eigenvalue weighted by atomic mass is 10.1. The molecule has 0 saturated carbocycles. The van der Waals surface area contributed by atoms with Gasteiger partial charge >= 0.3 is 0 Å². The predicted octanol–water partition coefficient (Wildman–Crippen LogP) is 2.97. The topological polar surface area (TPSA) is 49.3 Å². The summed E-state index contributed by atoms with van der Waals surface area (Å²) in [7, 11) is 0. The SMILES string of the molecule is CC(=O)Nc1cc(CC(O)=S)c(Br)cc1F. The van der Waals surface area contributed by atoms with Crippen LogP contribution in [0.1, 0.15) is 12.5 Å². The van der Waals surface area contributed by atoms with Gasteiger partial charge in [-0.05, 0) is 29.9 Å². The number of rotatable bonds is 3. The van der Waals surface area contributed by atoms with Gasteiger partial charge in [-0.25, -0.2) is 4.39 Å². The van der Waals surface area contributed by atoms with Crippen molar-refractivity contribution in [3.05, 3.63) is 28.0 Å². The first-order chi connectivity index (χ1) is 7.40. The average Bonchev–Trinajstić information content (AvgIpc) is 2.11. The zero-order valence-electron chi connectivity index (χ0n) is 8.38. The van der Waals surface area contributed by atoms with E-state index in [1.165, 1.54) is 19.1 Å². The standard InChI is InChI=1S/C10H9BrFNO2S/c1-5(14)13-9-2-6(3-10(15)16)7(11)4-8(9)12/h2,4H,3H2,1H3,(H,13,14)(H,15,16). The highest BCUT2D eigenvalue weighted by Crippen LogP contribution is 2.25. The average molecular weight is 306 g/mol. The molecule has 0 fully saturated rings. The van der Waals surface area contributed by atoms with Crippen LogP contribution in [0, 0.1) is 5.82 Å². The number of halogens is 2. The quantitative estimate of drug-likeness (QED) is 0.844. The van der Waals surface area contributed by atoms with Crippen LogP contribution in [0.3, 0.4) is 0 Å². The van der Waals surface area contributed by atoms with Gasteiger partial charge in [0.15, 0.2) is 5.05 Å². The Labute approximate surface area is 106 Å². The minimum Gasteiger partial charge on any atom is -0.502 e. The van der Waals surface area contributed by atoms with E-state index >= 15 is 0 Å². The van der Waals surface area contributed by atoms with Crippen LogP contribution in [0.2, 0.25) is 0 Å². The molecule has 0 saturated heterocycles. The molecule has 16 heavy (non-hydrogen) atoms. The molecule has 0 aliphatic heterocycles. The van der Waals surface area contributed by atoms with Gasteiger partial charge in [0, 0.05) is 17.8 Å². The molecule has 3 nitrogen and oxygen atoms in total. The molecule has 6 heteroatoms. The van der Waals surface area contributed by atoms with Gasteiger partial charge in [0.25, 0.3) is 0 Å². The molecule has 2 N–H and O–H groups in total. The molecule has 0 aromatic heterocycles. The number of nitrogens with one attached hydrogen (secondary N) is 1. The normalized spacial score (nSPS) is 9.94. The van der Waals surface area contributed by atoms with Crippen molar-refractivity contribution in [2.24, 2.45) is 0 Å². The second-order valence-electron chi connectivity index (χ2n) is 3.18. The molecule has 0 heterocycles. The smallest absolute Gasteiger partial charge is 0.221 e. The highest BCUT2D eigenvalue weighted by Gasteiger charge is 2.10. The second kappa shape index (κ2) is 5.36. The molecule has 1 aromatic carbocycles. The summed E-state index contributed by atoms with van der Waals surface area (Å²) in [4.78, 5) is 10.8. The summed E-state index contributed by atoms with van der Waals surface area (Å²) in [6.07, 6.45) is 0.128. The molecule has 0 atom stereocenters. The van der Waals surface area contributed by atoms with E-state index in [1.807, 2.05) is 0 Å². The molecule has 86 valence electrons. The summed E-state index contributed by atoms with van der Waals surface area (Å²) in [5.74, 6) is -0.909. The Morgan fingerprint density at radius 2 is 2.25 bits per heavy atom. The van der Waals surface area contributed by atoms with Crippen LogP contribution in [0.15, 0.2) is 16.6 Å². The molecular formula is C10H9BrFNO2S. The Hall–Kier alpha value is -1.01. The summed E-state index contributed by atoms with van der Waals surface area (Å²) in [6.45, 7) is 1.29. The maximum absolute atomic E-state index is 13.4. The molecule has 0 aliphatic rings.